The minimum Gasteiger partial charge on any atom is -0.468 e. The highest BCUT2D eigenvalue weighted by Crippen LogP contribution is 2.23. The van der Waals surface area contributed by atoms with E-state index in [0.29, 0.717) is 11.6 Å². The molecule has 0 heterocycles. The van der Waals surface area contributed by atoms with Crippen molar-refractivity contribution >= 4 is 5.97 Å². The van der Waals surface area contributed by atoms with Crippen LogP contribution in [0.4, 0.5) is 4.39 Å². The van der Waals surface area contributed by atoms with E-state index in [0.717, 1.165) is 18.4 Å². The van der Waals surface area contributed by atoms with Crippen LogP contribution >= 0.6 is 0 Å². The zero-order valence-corrected chi connectivity index (χ0v) is 12.8. The Balaban J connectivity index is 2.17. The van der Waals surface area contributed by atoms with Crippen LogP contribution in [0.3, 0.4) is 0 Å². The molecule has 0 bridgehead atoms. The molecule has 1 atom stereocenters. The minimum atomic E-state index is -0.516. The number of halogens is 1. The van der Waals surface area contributed by atoms with Crippen molar-refractivity contribution in [2.75, 3.05) is 7.11 Å². The Hall–Kier alpha value is -1.42. The average Bonchev–Trinajstić information content (AvgIpc) is 2.75. The molecule has 0 radical (unpaired) electrons. The predicted octanol–water partition coefficient (Wildman–Crippen LogP) is 3.66. The van der Waals surface area contributed by atoms with Gasteiger partial charge >= 0.3 is 5.97 Å². The van der Waals surface area contributed by atoms with Gasteiger partial charge in [-0.25, -0.2) is 9.18 Å². The van der Waals surface area contributed by atoms with Gasteiger partial charge in [-0.2, -0.15) is 0 Å². The van der Waals surface area contributed by atoms with Crippen LogP contribution in [-0.4, -0.2) is 19.1 Å². The molecule has 1 aliphatic rings. The fraction of sp³-hybridized carbons (Fsp3) is 0.588. The van der Waals surface area contributed by atoms with Crippen molar-refractivity contribution < 1.29 is 13.9 Å². The number of ether oxygens (including phenoxy) is 1. The third-order valence-electron chi connectivity index (χ3n) is 4.21. The van der Waals surface area contributed by atoms with Crippen molar-refractivity contribution in [3.8, 4) is 0 Å². The molecule has 0 spiro atoms. The van der Waals surface area contributed by atoms with E-state index in [9.17, 15) is 9.18 Å². The Morgan fingerprint density at radius 3 is 2.52 bits per heavy atom. The van der Waals surface area contributed by atoms with E-state index in [-0.39, 0.29) is 11.8 Å². The number of carbonyl (C=O) groups is 1. The van der Waals surface area contributed by atoms with Crippen molar-refractivity contribution in [3.05, 3.63) is 35.1 Å². The van der Waals surface area contributed by atoms with E-state index in [2.05, 4.69) is 5.32 Å². The van der Waals surface area contributed by atoms with Crippen LogP contribution in [0.1, 0.15) is 55.7 Å². The van der Waals surface area contributed by atoms with Crippen LogP contribution in [0.25, 0.3) is 0 Å². The standard InChI is InChI=1S/C17H24FNO2/c1-12-11-13(9-10-15(12)18)16(17(20)21-2)19-14-7-5-3-4-6-8-14/h9-11,14,16,19H,3-8H2,1-2H3. The number of methoxy groups -OCH3 is 1. The number of hydrogen-bond donors (Lipinski definition) is 1. The average molecular weight is 293 g/mol. The van der Waals surface area contributed by atoms with E-state index < -0.39 is 6.04 Å². The Labute approximate surface area is 125 Å². The van der Waals surface area contributed by atoms with Gasteiger partial charge in [0.1, 0.15) is 11.9 Å². The summed E-state index contributed by atoms with van der Waals surface area (Å²) in [6, 6.07) is 4.60. The van der Waals surface area contributed by atoms with Crippen LogP contribution in [0.15, 0.2) is 18.2 Å². The van der Waals surface area contributed by atoms with Crippen molar-refractivity contribution in [2.45, 2.75) is 57.5 Å². The number of rotatable bonds is 4. The first-order chi connectivity index (χ1) is 10.1. The summed E-state index contributed by atoms with van der Waals surface area (Å²) >= 11 is 0. The number of hydrogen-bond acceptors (Lipinski definition) is 3. The fourth-order valence-corrected chi connectivity index (χ4v) is 2.95. The fourth-order valence-electron chi connectivity index (χ4n) is 2.95. The van der Waals surface area contributed by atoms with E-state index >= 15 is 0 Å². The predicted molar refractivity (Wildman–Crippen MR) is 80.5 cm³/mol. The summed E-state index contributed by atoms with van der Waals surface area (Å²) in [4.78, 5) is 12.1. The molecule has 1 saturated carbocycles. The van der Waals surface area contributed by atoms with Gasteiger partial charge in [-0.15, -0.1) is 0 Å². The molecule has 1 N–H and O–H groups in total. The maximum Gasteiger partial charge on any atom is 0.327 e. The third-order valence-corrected chi connectivity index (χ3v) is 4.21. The summed E-state index contributed by atoms with van der Waals surface area (Å²) in [5.41, 5.74) is 1.31. The maximum atomic E-state index is 13.4. The number of esters is 1. The smallest absolute Gasteiger partial charge is 0.327 e. The van der Waals surface area contributed by atoms with Crippen LogP contribution in [0.5, 0.6) is 0 Å². The first-order valence-corrected chi connectivity index (χ1v) is 7.71. The second kappa shape index (κ2) is 7.55. The van der Waals surface area contributed by atoms with Gasteiger partial charge in [-0.3, -0.25) is 5.32 Å². The quantitative estimate of drug-likeness (QED) is 0.680. The van der Waals surface area contributed by atoms with E-state index in [1.807, 2.05) is 0 Å². The molecule has 116 valence electrons. The molecular weight excluding hydrogens is 269 g/mol. The first-order valence-electron chi connectivity index (χ1n) is 7.71. The van der Waals surface area contributed by atoms with E-state index in [4.69, 9.17) is 4.74 Å². The molecule has 1 aliphatic carbocycles. The third kappa shape index (κ3) is 4.27. The zero-order valence-electron chi connectivity index (χ0n) is 12.8. The van der Waals surface area contributed by atoms with E-state index in [1.54, 1.807) is 19.1 Å². The molecule has 21 heavy (non-hydrogen) atoms. The lowest BCUT2D eigenvalue weighted by Crippen LogP contribution is -2.37. The van der Waals surface area contributed by atoms with Gasteiger partial charge in [0.2, 0.25) is 0 Å². The summed E-state index contributed by atoms with van der Waals surface area (Å²) in [5.74, 6) is -0.568. The van der Waals surface area contributed by atoms with Gasteiger partial charge in [0.15, 0.2) is 0 Å². The van der Waals surface area contributed by atoms with E-state index in [1.165, 1.54) is 38.9 Å². The molecular formula is C17H24FNO2. The SMILES string of the molecule is COC(=O)C(NC1CCCCCC1)c1ccc(F)c(C)c1. The van der Waals surface area contributed by atoms with Crippen molar-refractivity contribution in [3.63, 3.8) is 0 Å². The normalized spacial score (nSPS) is 18.0. The lowest BCUT2D eigenvalue weighted by molar-refractivity contribution is -0.143. The first kappa shape index (κ1) is 16.0. The van der Waals surface area contributed by atoms with Crippen molar-refractivity contribution in [1.29, 1.82) is 0 Å². The molecule has 2 rings (SSSR count). The van der Waals surface area contributed by atoms with Crippen LogP contribution < -0.4 is 5.32 Å². The van der Waals surface area contributed by atoms with Gasteiger partial charge in [0.25, 0.3) is 0 Å². The summed E-state index contributed by atoms with van der Waals surface area (Å²) in [7, 11) is 1.39. The molecule has 4 heteroatoms. The monoisotopic (exact) mass is 293 g/mol. The van der Waals surface area contributed by atoms with Crippen LogP contribution in [0, 0.1) is 12.7 Å². The molecule has 0 aliphatic heterocycles. The molecule has 0 saturated heterocycles. The van der Waals surface area contributed by atoms with Gasteiger partial charge in [-0.1, -0.05) is 37.8 Å². The van der Waals surface area contributed by atoms with Gasteiger partial charge in [-0.05, 0) is 37.0 Å². The largest absolute Gasteiger partial charge is 0.468 e. The molecule has 1 aromatic carbocycles. The summed E-state index contributed by atoms with van der Waals surface area (Å²) in [5, 5.41) is 3.41. The molecule has 0 aromatic heterocycles. The number of nitrogens with one attached hydrogen (secondary N) is 1. The summed E-state index contributed by atoms with van der Waals surface area (Å²) in [6.45, 7) is 1.71. The Bertz CT molecular complexity index is 482. The highest BCUT2D eigenvalue weighted by molar-refractivity contribution is 5.77. The lowest BCUT2D eigenvalue weighted by atomic mass is 10.0. The highest BCUT2D eigenvalue weighted by atomic mass is 19.1. The lowest BCUT2D eigenvalue weighted by Gasteiger charge is -2.24. The number of aryl methyl sites for hydroxylation is 1. The Kier molecular flexibility index (Phi) is 5.74. The Morgan fingerprint density at radius 1 is 1.29 bits per heavy atom. The second-order valence-corrected chi connectivity index (χ2v) is 5.82. The number of carbonyl (C=O) groups excluding carboxylic acids is 1. The van der Waals surface area contributed by atoms with Crippen molar-refractivity contribution in [1.82, 2.24) is 5.32 Å². The molecule has 1 fully saturated rings. The number of benzene rings is 1. The molecule has 0 amide bonds. The van der Waals surface area contributed by atoms with Crippen LogP contribution in [0.2, 0.25) is 0 Å². The molecule has 1 aromatic rings. The van der Waals surface area contributed by atoms with Crippen molar-refractivity contribution in [2.24, 2.45) is 0 Å². The second-order valence-electron chi connectivity index (χ2n) is 5.82. The zero-order chi connectivity index (χ0) is 15.2. The van der Waals surface area contributed by atoms with Gasteiger partial charge in [0.05, 0.1) is 7.11 Å². The highest BCUT2D eigenvalue weighted by Gasteiger charge is 2.25. The maximum absolute atomic E-state index is 13.4. The minimum absolute atomic E-state index is 0.253. The summed E-state index contributed by atoms with van der Waals surface area (Å²) < 4.78 is 18.3. The van der Waals surface area contributed by atoms with Gasteiger partial charge in [0, 0.05) is 6.04 Å². The molecule has 3 nitrogen and oxygen atoms in total. The Morgan fingerprint density at radius 2 is 1.95 bits per heavy atom. The topological polar surface area (TPSA) is 38.3 Å². The summed E-state index contributed by atoms with van der Waals surface area (Å²) in [6.07, 6.45) is 7.05. The molecule has 1 unspecified atom stereocenters. The van der Waals surface area contributed by atoms with Gasteiger partial charge < -0.3 is 4.74 Å². The van der Waals surface area contributed by atoms with Crippen LogP contribution in [-0.2, 0) is 9.53 Å².